The molecule has 0 amide bonds. The zero-order valence-corrected chi connectivity index (χ0v) is 13.5. The summed E-state index contributed by atoms with van der Waals surface area (Å²) >= 11 is 0. The third kappa shape index (κ3) is 3.62. The van der Waals surface area contributed by atoms with Gasteiger partial charge in [-0.15, -0.1) is 0 Å². The molecule has 1 aromatic carbocycles. The lowest BCUT2D eigenvalue weighted by molar-refractivity contribution is 0.114. The summed E-state index contributed by atoms with van der Waals surface area (Å²) in [6.07, 6.45) is 2.37. The molecular formula is C18H30N2. The molecule has 1 fully saturated rings. The van der Waals surface area contributed by atoms with Gasteiger partial charge in [-0.1, -0.05) is 52.0 Å². The normalized spacial score (nSPS) is 24.6. The predicted octanol–water partition coefficient (Wildman–Crippen LogP) is 3.93. The van der Waals surface area contributed by atoms with Crippen molar-refractivity contribution in [2.24, 2.45) is 11.7 Å². The number of hydrogen-bond acceptors (Lipinski definition) is 2. The Morgan fingerprint density at radius 2 is 1.80 bits per heavy atom. The van der Waals surface area contributed by atoms with E-state index >= 15 is 0 Å². The average Bonchev–Trinajstić information content (AvgIpc) is 2.38. The van der Waals surface area contributed by atoms with Crippen LogP contribution in [0.4, 0.5) is 0 Å². The van der Waals surface area contributed by atoms with Gasteiger partial charge in [0.15, 0.2) is 0 Å². The fourth-order valence-corrected chi connectivity index (χ4v) is 3.31. The Labute approximate surface area is 124 Å². The lowest BCUT2D eigenvalue weighted by Gasteiger charge is -2.41. The zero-order chi connectivity index (χ0) is 14.7. The Kier molecular flexibility index (Phi) is 5.22. The molecule has 2 atom stereocenters. The fraction of sp³-hybridized carbons (Fsp3) is 0.667. The van der Waals surface area contributed by atoms with Crippen LogP contribution in [-0.2, 0) is 0 Å². The molecule has 2 rings (SSSR count). The van der Waals surface area contributed by atoms with Gasteiger partial charge in [-0.05, 0) is 42.3 Å². The lowest BCUT2D eigenvalue weighted by atomic mass is 9.89. The Bertz CT molecular complexity index is 408. The van der Waals surface area contributed by atoms with Crippen molar-refractivity contribution in [1.29, 1.82) is 0 Å². The topological polar surface area (TPSA) is 29.3 Å². The first-order valence-electron chi connectivity index (χ1n) is 8.08. The summed E-state index contributed by atoms with van der Waals surface area (Å²) in [5.41, 5.74) is 9.23. The van der Waals surface area contributed by atoms with Gasteiger partial charge in [0.1, 0.15) is 0 Å². The molecule has 2 N–H and O–H groups in total. The van der Waals surface area contributed by atoms with Crippen molar-refractivity contribution < 1.29 is 0 Å². The largest absolute Gasteiger partial charge is 0.326 e. The van der Waals surface area contributed by atoms with Crippen molar-refractivity contribution in [3.63, 3.8) is 0 Å². The van der Waals surface area contributed by atoms with E-state index < -0.39 is 0 Å². The highest BCUT2D eigenvalue weighted by atomic mass is 15.2. The van der Waals surface area contributed by atoms with E-state index in [0.29, 0.717) is 17.9 Å². The minimum atomic E-state index is 0.271. The molecule has 0 aliphatic carbocycles. The summed E-state index contributed by atoms with van der Waals surface area (Å²) in [5.74, 6) is 1.29. The first-order chi connectivity index (χ1) is 9.49. The van der Waals surface area contributed by atoms with Gasteiger partial charge in [0.05, 0.1) is 0 Å². The van der Waals surface area contributed by atoms with Gasteiger partial charge in [0.25, 0.3) is 0 Å². The van der Waals surface area contributed by atoms with E-state index in [1.165, 1.54) is 24.1 Å². The van der Waals surface area contributed by atoms with Crippen LogP contribution in [0.3, 0.4) is 0 Å². The van der Waals surface area contributed by atoms with Gasteiger partial charge in [0, 0.05) is 18.6 Å². The average molecular weight is 274 g/mol. The molecule has 1 aromatic rings. The van der Waals surface area contributed by atoms with Crippen molar-refractivity contribution in [2.45, 2.75) is 58.5 Å². The molecular weight excluding hydrogens is 244 g/mol. The smallest absolute Gasteiger partial charge is 0.0499 e. The fourth-order valence-electron chi connectivity index (χ4n) is 3.31. The van der Waals surface area contributed by atoms with E-state index in [4.69, 9.17) is 5.73 Å². The molecule has 20 heavy (non-hydrogen) atoms. The number of rotatable bonds is 4. The van der Waals surface area contributed by atoms with Gasteiger partial charge in [0.2, 0.25) is 0 Å². The van der Waals surface area contributed by atoms with E-state index in [1.54, 1.807) is 0 Å². The highest BCUT2D eigenvalue weighted by Crippen LogP contribution is 2.31. The van der Waals surface area contributed by atoms with E-state index in [0.717, 1.165) is 13.0 Å². The molecule has 2 heteroatoms. The maximum absolute atomic E-state index is 6.43. The summed E-state index contributed by atoms with van der Waals surface area (Å²) in [6, 6.07) is 9.79. The van der Waals surface area contributed by atoms with Crippen LogP contribution in [0, 0.1) is 5.92 Å². The third-order valence-electron chi connectivity index (χ3n) is 4.33. The van der Waals surface area contributed by atoms with E-state index in [1.807, 2.05) is 0 Å². The summed E-state index contributed by atoms with van der Waals surface area (Å²) in [7, 11) is 0. The summed E-state index contributed by atoms with van der Waals surface area (Å²) < 4.78 is 0. The third-order valence-corrected chi connectivity index (χ3v) is 4.33. The Hall–Kier alpha value is -0.860. The maximum atomic E-state index is 6.43. The van der Waals surface area contributed by atoms with Crippen LogP contribution in [0.1, 0.15) is 63.6 Å². The summed E-state index contributed by atoms with van der Waals surface area (Å²) in [5, 5.41) is 0. The standard InChI is InChI=1S/C18H30N2/c1-13(2)12-20-11-5-6-17(19)18(20)16-9-7-15(8-10-16)14(3)4/h7-10,13-14,17-18H,5-6,11-12,19H2,1-4H3. The molecule has 1 aliphatic heterocycles. The van der Waals surface area contributed by atoms with Crippen LogP contribution in [0.15, 0.2) is 24.3 Å². The molecule has 2 nitrogen and oxygen atoms in total. The Morgan fingerprint density at radius 1 is 1.15 bits per heavy atom. The quantitative estimate of drug-likeness (QED) is 0.901. The van der Waals surface area contributed by atoms with E-state index in [2.05, 4.69) is 56.9 Å². The molecule has 1 heterocycles. The van der Waals surface area contributed by atoms with Crippen LogP contribution in [-0.4, -0.2) is 24.0 Å². The molecule has 0 radical (unpaired) electrons. The van der Waals surface area contributed by atoms with Gasteiger partial charge in [-0.3, -0.25) is 4.90 Å². The monoisotopic (exact) mass is 274 g/mol. The van der Waals surface area contributed by atoms with Crippen molar-refractivity contribution in [3.8, 4) is 0 Å². The molecule has 0 bridgehead atoms. The number of likely N-dealkylation sites (tertiary alicyclic amines) is 1. The number of nitrogens with two attached hydrogens (primary N) is 1. The SMILES string of the molecule is CC(C)CN1CCCC(N)C1c1ccc(C(C)C)cc1. The molecule has 112 valence electrons. The van der Waals surface area contributed by atoms with Gasteiger partial charge in [-0.2, -0.15) is 0 Å². The molecule has 0 spiro atoms. The predicted molar refractivity (Wildman–Crippen MR) is 86.9 cm³/mol. The van der Waals surface area contributed by atoms with Crippen LogP contribution < -0.4 is 5.73 Å². The number of piperidine rings is 1. The highest BCUT2D eigenvalue weighted by molar-refractivity contribution is 5.28. The molecule has 0 saturated carbocycles. The van der Waals surface area contributed by atoms with Crippen molar-refractivity contribution >= 4 is 0 Å². The van der Waals surface area contributed by atoms with Gasteiger partial charge >= 0.3 is 0 Å². The Balaban J connectivity index is 2.20. The maximum Gasteiger partial charge on any atom is 0.0499 e. The zero-order valence-electron chi connectivity index (χ0n) is 13.5. The van der Waals surface area contributed by atoms with Crippen molar-refractivity contribution in [3.05, 3.63) is 35.4 Å². The van der Waals surface area contributed by atoms with Crippen molar-refractivity contribution in [1.82, 2.24) is 4.90 Å². The second kappa shape index (κ2) is 6.73. The minimum Gasteiger partial charge on any atom is -0.326 e. The second-order valence-electron chi connectivity index (χ2n) is 6.96. The van der Waals surface area contributed by atoms with E-state index in [9.17, 15) is 0 Å². The second-order valence-corrected chi connectivity index (χ2v) is 6.96. The Morgan fingerprint density at radius 3 is 2.35 bits per heavy atom. The minimum absolute atomic E-state index is 0.271. The van der Waals surface area contributed by atoms with E-state index in [-0.39, 0.29) is 6.04 Å². The molecule has 2 unspecified atom stereocenters. The first-order valence-corrected chi connectivity index (χ1v) is 8.08. The molecule has 0 aromatic heterocycles. The first kappa shape index (κ1) is 15.5. The highest BCUT2D eigenvalue weighted by Gasteiger charge is 2.30. The van der Waals surface area contributed by atoms with Crippen LogP contribution in [0.5, 0.6) is 0 Å². The number of benzene rings is 1. The van der Waals surface area contributed by atoms with Crippen molar-refractivity contribution in [2.75, 3.05) is 13.1 Å². The lowest BCUT2D eigenvalue weighted by Crippen LogP contribution is -2.47. The van der Waals surface area contributed by atoms with Crippen LogP contribution >= 0.6 is 0 Å². The van der Waals surface area contributed by atoms with Gasteiger partial charge in [-0.25, -0.2) is 0 Å². The molecule has 1 saturated heterocycles. The summed E-state index contributed by atoms with van der Waals surface area (Å²) in [4.78, 5) is 2.59. The molecule has 1 aliphatic rings. The summed E-state index contributed by atoms with van der Waals surface area (Å²) in [6.45, 7) is 11.4. The van der Waals surface area contributed by atoms with Crippen LogP contribution in [0.2, 0.25) is 0 Å². The van der Waals surface area contributed by atoms with Crippen LogP contribution in [0.25, 0.3) is 0 Å². The number of nitrogens with zero attached hydrogens (tertiary/aromatic N) is 1. The number of hydrogen-bond donors (Lipinski definition) is 1. The van der Waals surface area contributed by atoms with Gasteiger partial charge < -0.3 is 5.73 Å².